The van der Waals surface area contributed by atoms with Crippen molar-refractivity contribution in [1.29, 1.82) is 0 Å². The molecule has 0 aliphatic carbocycles. The van der Waals surface area contributed by atoms with Gasteiger partial charge in [-0.25, -0.2) is 0 Å². The number of hydrogen-bond acceptors (Lipinski definition) is 4. The van der Waals surface area contributed by atoms with Gasteiger partial charge in [0.2, 0.25) is 0 Å². The zero-order valence-electron chi connectivity index (χ0n) is 14.7. The second kappa shape index (κ2) is 11.5. The van der Waals surface area contributed by atoms with E-state index in [0.29, 0.717) is 32.1 Å². The number of nitrogens with zero attached hydrogens (tertiary/aromatic N) is 3. The largest absolute Gasteiger partial charge is 0.401 e. The van der Waals surface area contributed by atoms with Gasteiger partial charge < -0.3 is 15.4 Å². The molecule has 0 aromatic carbocycles. The third-order valence-corrected chi connectivity index (χ3v) is 3.59. The van der Waals surface area contributed by atoms with Crippen LogP contribution in [0.5, 0.6) is 0 Å². The summed E-state index contributed by atoms with van der Waals surface area (Å²) < 4.78 is 42.1. The molecule has 0 spiro atoms. The van der Waals surface area contributed by atoms with E-state index in [2.05, 4.69) is 20.5 Å². The SMILES string of the molecule is CCNC(=NCCCN1CCOCC1)NCCN(C)CC(F)(F)F. The van der Waals surface area contributed by atoms with Crippen molar-refractivity contribution in [2.24, 2.45) is 4.99 Å². The van der Waals surface area contributed by atoms with Crippen LogP contribution in [0.15, 0.2) is 4.99 Å². The summed E-state index contributed by atoms with van der Waals surface area (Å²) in [7, 11) is 1.46. The molecule has 0 bridgehead atoms. The first-order chi connectivity index (χ1) is 11.4. The summed E-state index contributed by atoms with van der Waals surface area (Å²) in [5.74, 6) is 0.653. The number of halogens is 3. The highest BCUT2D eigenvalue weighted by Crippen LogP contribution is 2.14. The molecule has 0 atom stereocenters. The van der Waals surface area contributed by atoms with Crippen molar-refractivity contribution < 1.29 is 17.9 Å². The number of guanidine groups is 1. The van der Waals surface area contributed by atoms with E-state index in [1.54, 1.807) is 0 Å². The molecule has 24 heavy (non-hydrogen) atoms. The van der Waals surface area contributed by atoms with Gasteiger partial charge in [-0.1, -0.05) is 0 Å². The van der Waals surface area contributed by atoms with Crippen molar-refractivity contribution in [3.05, 3.63) is 0 Å². The molecule has 1 saturated heterocycles. The van der Waals surface area contributed by atoms with Gasteiger partial charge >= 0.3 is 6.18 Å². The molecule has 1 rings (SSSR count). The van der Waals surface area contributed by atoms with Crippen molar-refractivity contribution >= 4 is 5.96 Å². The standard InChI is InChI=1S/C15H30F3N5O/c1-3-19-14(21-6-8-22(2)13-15(16,17)18)20-5-4-7-23-9-11-24-12-10-23/h3-13H2,1-2H3,(H2,19,20,21). The number of hydrogen-bond donors (Lipinski definition) is 2. The number of rotatable bonds is 9. The summed E-state index contributed by atoms with van der Waals surface area (Å²) in [4.78, 5) is 8.06. The van der Waals surface area contributed by atoms with E-state index in [9.17, 15) is 13.2 Å². The lowest BCUT2D eigenvalue weighted by Gasteiger charge is -2.26. The molecular weight excluding hydrogens is 323 g/mol. The van der Waals surface area contributed by atoms with Gasteiger partial charge in [0.05, 0.1) is 19.8 Å². The van der Waals surface area contributed by atoms with E-state index < -0.39 is 12.7 Å². The van der Waals surface area contributed by atoms with Crippen molar-refractivity contribution in [2.45, 2.75) is 19.5 Å². The van der Waals surface area contributed by atoms with Gasteiger partial charge in [-0.15, -0.1) is 0 Å². The highest BCUT2D eigenvalue weighted by atomic mass is 19.4. The van der Waals surface area contributed by atoms with Gasteiger partial charge in [-0.05, 0) is 20.4 Å². The van der Waals surface area contributed by atoms with E-state index in [-0.39, 0.29) is 0 Å². The van der Waals surface area contributed by atoms with Crippen molar-refractivity contribution in [3.8, 4) is 0 Å². The number of aliphatic imine (C=N–C) groups is 1. The molecule has 9 heteroatoms. The molecule has 1 aliphatic rings. The fraction of sp³-hybridized carbons (Fsp3) is 0.933. The second-order valence-corrected chi connectivity index (χ2v) is 5.85. The van der Waals surface area contributed by atoms with E-state index >= 15 is 0 Å². The number of morpholine rings is 1. The Kier molecular flexibility index (Phi) is 10.0. The van der Waals surface area contributed by atoms with E-state index in [1.807, 2.05) is 6.92 Å². The summed E-state index contributed by atoms with van der Waals surface area (Å²) in [5, 5.41) is 6.18. The summed E-state index contributed by atoms with van der Waals surface area (Å²) in [6.07, 6.45) is -3.21. The van der Waals surface area contributed by atoms with E-state index in [0.717, 1.165) is 39.3 Å². The van der Waals surface area contributed by atoms with Crippen LogP contribution < -0.4 is 10.6 Å². The zero-order chi connectivity index (χ0) is 17.8. The summed E-state index contributed by atoms with van der Waals surface area (Å²) in [5.41, 5.74) is 0. The Balaban J connectivity index is 2.21. The molecule has 1 heterocycles. The Hall–Kier alpha value is -1.06. The van der Waals surface area contributed by atoms with Crippen molar-refractivity contribution in [2.75, 3.05) is 72.6 Å². The summed E-state index contributed by atoms with van der Waals surface area (Å²) in [6.45, 7) is 7.68. The average molecular weight is 353 g/mol. The first-order valence-corrected chi connectivity index (χ1v) is 8.48. The molecule has 6 nitrogen and oxygen atoms in total. The summed E-state index contributed by atoms with van der Waals surface area (Å²) in [6, 6.07) is 0. The zero-order valence-corrected chi connectivity index (χ0v) is 14.7. The molecule has 1 fully saturated rings. The molecule has 2 N–H and O–H groups in total. The van der Waals surface area contributed by atoms with Crippen LogP contribution in [0.25, 0.3) is 0 Å². The monoisotopic (exact) mass is 353 g/mol. The maximum Gasteiger partial charge on any atom is 0.401 e. The van der Waals surface area contributed by atoms with Gasteiger partial charge in [0.1, 0.15) is 0 Å². The molecular formula is C15H30F3N5O. The van der Waals surface area contributed by atoms with Crippen LogP contribution in [0.1, 0.15) is 13.3 Å². The number of ether oxygens (including phenoxy) is 1. The molecule has 0 aromatic heterocycles. The Morgan fingerprint density at radius 2 is 1.96 bits per heavy atom. The molecule has 0 unspecified atom stereocenters. The predicted octanol–water partition coefficient (Wildman–Crippen LogP) is 0.758. The van der Waals surface area contributed by atoms with Gasteiger partial charge in [-0.3, -0.25) is 14.8 Å². The minimum absolute atomic E-state index is 0.303. The molecule has 1 aliphatic heterocycles. The lowest BCUT2D eigenvalue weighted by Crippen LogP contribution is -2.42. The average Bonchev–Trinajstić information content (AvgIpc) is 2.50. The fourth-order valence-corrected chi connectivity index (χ4v) is 2.40. The Bertz CT molecular complexity index is 360. The highest BCUT2D eigenvalue weighted by molar-refractivity contribution is 5.79. The minimum Gasteiger partial charge on any atom is -0.379 e. The summed E-state index contributed by atoms with van der Waals surface area (Å²) >= 11 is 0. The van der Waals surface area contributed by atoms with Crippen LogP contribution in [0.3, 0.4) is 0 Å². The van der Waals surface area contributed by atoms with Gasteiger partial charge in [0, 0.05) is 45.8 Å². The normalized spacial score (nSPS) is 17.3. The number of nitrogens with one attached hydrogen (secondary N) is 2. The lowest BCUT2D eigenvalue weighted by atomic mass is 10.3. The molecule has 0 radical (unpaired) electrons. The lowest BCUT2D eigenvalue weighted by molar-refractivity contribution is -0.142. The van der Waals surface area contributed by atoms with Crippen LogP contribution in [0.4, 0.5) is 13.2 Å². The third-order valence-electron chi connectivity index (χ3n) is 3.59. The molecule has 0 saturated carbocycles. The number of alkyl halides is 3. The first-order valence-electron chi connectivity index (χ1n) is 8.48. The van der Waals surface area contributed by atoms with Crippen LogP contribution in [0.2, 0.25) is 0 Å². The fourth-order valence-electron chi connectivity index (χ4n) is 2.40. The second-order valence-electron chi connectivity index (χ2n) is 5.85. The van der Waals surface area contributed by atoms with Crippen LogP contribution in [-0.4, -0.2) is 94.6 Å². The van der Waals surface area contributed by atoms with Crippen LogP contribution in [0, 0.1) is 0 Å². The van der Waals surface area contributed by atoms with Crippen molar-refractivity contribution in [1.82, 2.24) is 20.4 Å². The van der Waals surface area contributed by atoms with E-state index in [4.69, 9.17) is 4.74 Å². The first kappa shape index (κ1) is 21.0. The Morgan fingerprint density at radius 1 is 1.25 bits per heavy atom. The maximum absolute atomic E-state index is 12.3. The quantitative estimate of drug-likeness (QED) is 0.364. The van der Waals surface area contributed by atoms with Crippen LogP contribution in [-0.2, 0) is 4.74 Å². The molecule has 142 valence electrons. The van der Waals surface area contributed by atoms with Gasteiger partial charge in [0.25, 0.3) is 0 Å². The van der Waals surface area contributed by atoms with Crippen molar-refractivity contribution in [3.63, 3.8) is 0 Å². The third kappa shape index (κ3) is 10.7. The van der Waals surface area contributed by atoms with Gasteiger partial charge in [-0.2, -0.15) is 13.2 Å². The highest BCUT2D eigenvalue weighted by Gasteiger charge is 2.28. The van der Waals surface area contributed by atoms with Gasteiger partial charge in [0.15, 0.2) is 5.96 Å². The number of likely N-dealkylation sites (N-methyl/N-ethyl adjacent to an activating group) is 1. The topological polar surface area (TPSA) is 52.1 Å². The predicted molar refractivity (Wildman–Crippen MR) is 89.4 cm³/mol. The minimum atomic E-state index is -4.16. The smallest absolute Gasteiger partial charge is 0.379 e. The molecule has 0 aromatic rings. The maximum atomic E-state index is 12.3. The Labute approximate surface area is 142 Å². The Morgan fingerprint density at radius 3 is 2.58 bits per heavy atom. The molecule has 0 amide bonds. The van der Waals surface area contributed by atoms with E-state index in [1.165, 1.54) is 11.9 Å². The van der Waals surface area contributed by atoms with Crippen LogP contribution >= 0.6 is 0 Å².